The minimum Gasteiger partial charge on any atom is -0.389 e. The molecule has 2 N–H and O–H groups in total. The predicted molar refractivity (Wildman–Crippen MR) is 73.2 cm³/mol. The summed E-state index contributed by atoms with van der Waals surface area (Å²) in [6, 6.07) is 10.4. The van der Waals surface area contributed by atoms with Crippen molar-refractivity contribution in [1.29, 1.82) is 0 Å². The van der Waals surface area contributed by atoms with Gasteiger partial charge in [0.25, 0.3) is 0 Å². The number of nitrogens with one attached hydrogen (secondary N) is 1. The fourth-order valence-corrected chi connectivity index (χ4v) is 1.52. The first-order valence-electron chi connectivity index (χ1n) is 6.26. The van der Waals surface area contributed by atoms with Gasteiger partial charge in [-0.05, 0) is 39.2 Å². The molecule has 1 aromatic rings. The highest BCUT2D eigenvalue weighted by molar-refractivity contribution is 5.19. The van der Waals surface area contributed by atoms with Gasteiger partial charge in [0.1, 0.15) is 0 Å². The molecule has 0 aliphatic carbocycles. The maximum atomic E-state index is 10.1. The molecule has 17 heavy (non-hydrogen) atoms. The normalized spacial score (nSPS) is 14.7. The van der Waals surface area contributed by atoms with Gasteiger partial charge in [-0.2, -0.15) is 0 Å². The van der Waals surface area contributed by atoms with Crippen molar-refractivity contribution >= 4 is 0 Å². The molecule has 0 aliphatic heterocycles. The molecule has 0 amide bonds. The summed E-state index contributed by atoms with van der Waals surface area (Å²) in [4.78, 5) is 0. The van der Waals surface area contributed by atoms with Gasteiger partial charge in [-0.3, -0.25) is 0 Å². The predicted octanol–water partition coefficient (Wildman–Crippen LogP) is 2.93. The highest BCUT2D eigenvalue weighted by Gasteiger charge is 2.34. The first-order chi connectivity index (χ1) is 7.74. The largest absolute Gasteiger partial charge is 0.389 e. The molecule has 0 fully saturated rings. The molecule has 0 heterocycles. The smallest absolute Gasteiger partial charge is 0.0767 e. The van der Waals surface area contributed by atoms with E-state index in [0.717, 1.165) is 6.54 Å². The maximum absolute atomic E-state index is 10.1. The van der Waals surface area contributed by atoms with E-state index in [1.807, 2.05) is 33.8 Å². The molecule has 1 rings (SSSR count). The molecule has 0 bridgehead atoms. The third-order valence-electron chi connectivity index (χ3n) is 3.75. The van der Waals surface area contributed by atoms with Gasteiger partial charge < -0.3 is 10.4 Å². The summed E-state index contributed by atoms with van der Waals surface area (Å²) in [5, 5.41) is 13.5. The van der Waals surface area contributed by atoms with Crippen molar-refractivity contribution in [2.75, 3.05) is 6.54 Å². The first-order valence-corrected chi connectivity index (χ1v) is 6.26. The van der Waals surface area contributed by atoms with Crippen molar-refractivity contribution in [3.05, 3.63) is 35.9 Å². The van der Waals surface area contributed by atoms with Gasteiger partial charge in [0.2, 0.25) is 0 Å². The van der Waals surface area contributed by atoms with E-state index in [0.29, 0.717) is 5.92 Å². The van der Waals surface area contributed by atoms with Gasteiger partial charge in [0.15, 0.2) is 0 Å². The Morgan fingerprint density at radius 2 is 1.65 bits per heavy atom. The summed E-state index contributed by atoms with van der Waals surface area (Å²) < 4.78 is 0. The number of hydrogen-bond acceptors (Lipinski definition) is 2. The fraction of sp³-hybridized carbons (Fsp3) is 0.600. The SMILES string of the molecule is CC(CNC(C)(C)C(C)(C)O)c1ccccc1. The van der Waals surface area contributed by atoms with Crippen LogP contribution >= 0.6 is 0 Å². The van der Waals surface area contributed by atoms with E-state index in [4.69, 9.17) is 0 Å². The Kier molecular flexibility index (Phi) is 4.34. The summed E-state index contributed by atoms with van der Waals surface area (Å²) in [7, 11) is 0. The Hall–Kier alpha value is -0.860. The second-order valence-electron chi connectivity index (χ2n) is 5.88. The van der Waals surface area contributed by atoms with Crippen LogP contribution in [0.15, 0.2) is 30.3 Å². The summed E-state index contributed by atoms with van der Waals surface area (Å²) in [5.41, 5.74) is 0.297. The molecule has 0 spiro atoms. The van der Waals surface area contributed by atoms with Crippen LogP contribution in [-0.4, -0.2) is 22.8 Å². The second kappa shape index (κ2) is 5.19. The monoisotopic (exact) mass is 235 g/mol. The van der Waals surface area contributed by atoms with E-state index in [2.05, 4.69) is 36.5 Å². The molecule has 0 aliphatic rings. The molecule has 0 saturated carbocycles. The topological polar surface area (TPSA) is 32.3 Å². The van der Waals surface area contributed by atoms with Crippen LogP contribution in [0, 0.1) is 0 Å². The van der Waals surface area contributed by atoms with Gasteiger partial charge in [0, 0.05) is 12.1 Å². The van der Waals surface area contributed by atoms with E-state index in [1.54, 1.807) is 0 Å². The van der Waals surface area contributed by atoms with Crippen LogP contribution < -0.4 is 5.32 Å². The maximum Gasteiger partial charge on any atom is 0.0767 e. The zero-order valence-corrected chi connectivity index (χ0v) is 11.6. The Balaban J connectivity index is 2.58. The lowest BCUT2D eigenvalue weighted by molar-refractivity contribution is -0.00478. The number of benzene rings is 1. The number of aliphatic hydroxyl groups is 1. The molecule has 1 aromatic carbocycles. The van der Waals surface area contributed by atoms with Gasteiger partial charge in [0.05, 0.1) is 5.60 Å². The van der Waals surface area contributed by atoms with E-state index >= 15 is 0 Å². The van der Waals surface area contributed by atoms with Crippen LogP contribution in [-0.2, 0) is 0 Å². The molecule has 96 valence electrons. The van der Waals surface area contributed by atoms with Gasteiger partial charge in [-0.15, -0.1) is 0 Å². The molecule has 1 atom stereocenters. The third kappa shape index (κ3) is 3.83. The van der Waals surface area contributed by atoms with Crippen molar-refractivity contribution in [3.8, 4) is 0 Å². The second-order valence-corrected chi connectivity index (χ2v) is 5.88. The highest BCUT2D eigenvalue weighted by Crippen LogP contribution is 2.22. The summed E-state index contributed by atoms with van der Waals surface area (Å²) in [6.45, 7) is 10.8. The Bertz CT molecular complexity index is 338. The summed E-state index contributed by atoms with van der Waals surface area (Å²) in [5.74, 6) is 0.442. The molecule has 0 saturated heterocycles. The highest BCUT2D eigenvalue weighted by atomic mass is 16.3. The standard InChI is InChI=1S/C15H25NO/c1-12(13-9-7-6-8-10-13)11-16-14(2,3)15(4,5)17/h6-10,12,16-17H,11H2,1-5H3. The van der Waals surface area contributed by atoms with Gasteiger partial charge in [-0.1, -0.05) is 37.3 Å². The average molecular weight is 235 g/mol. The minimum absolute atomic E-state index is 0.296. The molecule has 2 heteroatoms. The van der Waals surface area contributed by atoms with Crippen LogP contribution in [0.1, 0.15) is 46.1 Å². The lowest BCUT2D eigenvalue weighted by Gasteiger charge is -2.39. The van der Waals surface area contributed by atoms with Crippen LogP contribution in [0.25, 0.3) is 0 Å². The van der Waals surface area contributed by atoms with Crippen LogP contribution in [0.5, 0.6) is 0 Å². The molecule has 0 aromatic heterocycles. The fourth-order valence-electron chi connectivity index (χ4n) is 1.52. The molecule has 2 nitrogen and oxygen atoms in total. The van der Waals surface area contributed by atoms with Crippen LogP contribution in [0.3, 0.4) is 0 Å². The quantitative estimate of drug-likeness (QED) is 0.822. The van der Waals surface area contributed by atoms with Gasteiger partial charge in [-0.25, -0.2) is 0 Å². The Morgan fingerprint density at radius 3 is 2.12 bits per heavy atom. The van der Waals surface area contributed by atoms with Crippen molar-refractivity contribution in [2.24, 2.45) is 0 Å². The van der Waals surface area contributed by atoms with Gasteiger partial charge >= 0.3 is 0 Å². The lowest BCUT2D eigenvalue weighted by Crippen LogP contribution is -2.56. The van der Waals surface area contributed by atoms with E-state index in [9.17, 15) is 5.11 Å². The van der Waals surface area contributed by atoms with Crippen molar-refractivity contribution in [1.82, 2.24) is 5.32 Å². The van der Waals surface area contributed by atoms with E-state index in [-0.39, 0.29) is 5.54 Å². The molecule has 1 unspecified atom stereocenters. The molecular weight excluding hydrogens is 210 g/mol. The van der Waals surface area contributed by atoms with Crippen LogP contribution in [0.4, 0.5) is 0 Å². The Morgan fingerprint density at radius 1 is 1.12 bits per heavy atom. The van der Waals surface area contributed by atoms with Crippen molar-refractivity contribution < 1.29 is 5.11 Å². The number of rotatable bonds is 5. The third-order valence-corrected chi connectivity index (χ3v) is 3.75. The zero-order valence-electron chi connectivity index (χ0n) is 11.6. The first kappa shape index (κ1) is 14.2. The minimum atomic E-state index is -0.733. The van der Waals surface area contributed by atoms with Crippen molar-refractivity contribution in [3.63, 3.8) is 0 Å². The summed E-state index contributed by atoms with van der Waals surface area (Å²) in [6.07, 6.45) is 0. The van der Waals surface area contributed by atoms with Crippen LogP contribution in [0.2, 0.25) is 0 Å². The molecular formula is C15H25NO. The lowest BCUT2D eigenvalue weighted by atomic mass is 9.85. The van der Waals surface area contributed by atoms with E-state index < -0.39 is 5.60 Å². The number of hydrogen-bond donors (Lipinski definition) is 2. The average Bonchev–Trinajstić information content (AvgIpc) is 2.25. The summed E-state index contributed by atoms with van der Waals surface area (Å²) >= 11 is 0. The zero-order chi connectivity index (χ0) is 13.1. The Labute approximate surface area is 105 Å². The van der Waals surface area contributed by atoms with E-state index in [1.165, 1.54) is 5.56 Å². The molecule has 0 radical (unpaired) electrons. The van der Waals surface area contributed by atoms with Crippen molar-refractivity contribution in [2.45, 2.75) is 51.7 Å².